The van der Waals surface area contributed by atoms with Gasteiger partial charge in [0.25, 0.3) is 0 Å². The Kier molecular flexibility index (Phi) is 3.97. The van der Waals surface area contributed by atoms with Gasteiger partial charge in [0.15, 0.2) is 0 Å². The van der Waals surface area contributed by atoms with Gasteiger partial charge in [0.05, 0.1) is 6.10 Å². The van der Waals surface area contributed by atoms with E-state index in [2.05, 4.69) is 38.1 Å². The standard InChI is InChI=1S/C12H18O/c1-4-10(2)12(13-3)11-8-6-5-7-9-11/h5-10,12H,4H2,1-3H3. The maximum absolute atomic E-state index is 5.49. The third kappa shape index (κ3) is 2.56. The van der Waals surface area contributed by atoms with Crippen LogP contribution in [-0.4, -0.2) is 7.11 Å². The van der Waals surface area contributed by atoms with Crippen molar-refractivity contribution in [1.29, 1.82) is 0 Å². The van der Waals surface area contributed by atoms with Gasteiger partial charge in [-0.15, -0.1) is 0 Å². The number of hydrogen-bond acceptors (Lipinski definition) is 1. The van der Waals surface area contributed by atoms with E-state index < -0.39 is 0 Å². The molecule has 0 bridgehead atoms. The predicted octanol–water partition coefficient (Wildman–Crippen LogP) is 3.42. The van der Waals surface area contributed by atoms with Gasteiger partial charge in [-0.3, -0.25) is 0 Å². The zero-order valence-corrected chi connectivity index (χ0v) is 8.66. The summed E-state index contributed by atoms with van der Waals surface area (Å²) in [7, 11) is 1.78. The first kappa shape index (κ1) is 10.3. The zero-order valence-electron chi connectivity index (χ0n) is 8.66. The van der Waals surface area contributed by atoms with Gasteiger partial charge >= 0.3 is 0 Å². The molecule has 2 unspecified atom stereocenters. The fourth-order valence-electron chi connectivity index (χ4n) is 1.55. The van der Waals surface area contributed by atoms with Crippen molar-refractivity contribution in [2.45, 2.75) is 26.4 Å². The molecule has 0 aromatic heterocycles. The molecule has 0 fully saturated rings. The molecule has 1 nitrogen and oxygen atoms in total. The van der Waals surface area contributed by atoms with Crippen molar-refractivity contribution < 1.29 is 4.74 Å². The van der Waals surface area contributed by atoms with Crippen LogP contribution in [0, 0.1) is 5.92 Å². The van der Waals surface area contributed by atoms with Crippen LogP contribution in [-0.2, 0) is 4.74 Å². The van der Waals surface area contributed by atoms with Crippen molar-refractivity contribution in [2.24, 2.45) is 5.92 Å². The average molecular weight is 178 g/mol. The summed E-state index contributed by atoms with van der Waals surface area (Å²) in [5.74, 6) is 0.576. The number of benzene rings is 1. The molecular weight excluding hydrogens is 160 g/mol. The topological polar surface area (TPSA) is 9.23 Å². The van der Waals surface area contributed by atoms with Crippen molar-refractivity contribution in [3.8, 4) is 0 Å². The van der Waals surface area contributed by atoms with Gasteiger partial charge in [-0.05, 0) is 11.5 Å². The molecule has 1 aromatic carbocycles. The lowest BCUT2D eigenvalue weighted by molar-refractivity contribution is 0.0565. The summed E-state index contributed by atoms with van der Waals surface area (Å²) in [6, 6.07) is 10.4. The highest BCUT2D eigenvalue weighted by molar-refractivity contribution is 5.18. The van der Waals surface area contributed by atoms with Crippen molar-refractivity contribution in [3.05, 3.63) is 35.9 Å². The van der Waals surface area contributed by atoms with E-state index in [1.54, 1.807) is 7.11 Å². The minimum absolute atomic E-state index is 0.242. The van der Waals surface area contributed by atoms with Crippen molar-refractivity contribution >= 4 is 0 Å². The summed E-state index contributed by atoms with van der Waals surface area (Å²) in [6.45, 7) is 4.42. The van der Waals surface area contributed by atoms with Crippen LogP contribution < -0.4 is 0 Å². The number of methoxy groups -OCH3 is 1. The average Bonchev–Trinajstić information content (AvgIpc) is 2.20. The second-order valence-electron chi connectivity index (χ2n) is 3.45. The molecule has 0 spiro atoms. The molecule has 0 heterocycles. The fraction of sp³-hybridized carbons (Fsp3) is 0.500. The van der Waals surface area contributed by atoms with E-state index in [4.69, 9.17) is 4.74 Å². The van der Waals surface area contributed by atoms with Crippen LogP contribution in [0.5, 0.6) is 0 Å². The molecule has 1 aromatic rings. The molecule has 0 amide bonds. The van der Waals surface area contributed by atoms with Crippen LogP contribution in [0.25, 0.3) is 0 Å². The highest BCUT2D eigenvalue weighted by Gasteiger charge is 2.16. The molecule has 0 aliphatic carbocycles. The molecule has 13 heavy (non-hydrogen) atoms. The van der Waals surface area contributed by atoms with Crippen molar-refractivity contribution in [2.75, 3.05) is 7.11 Å². The van der Waals surface area contributed by atoms with Gasteiger partial charge in [-0.2, -0.15) is 0 Å². The highest BCUT2D eigenvalue weighted by atomic mass is 16.5. The third-order valence-corrected chi connectivity index (χ3v) is 2.54. The van der Waals surface area contributed by atoms with E-state index in [0.29, 0.717) is 5.92 Å². The minimum Gasteiger partial charge on any atom is -0.376 e. The van der Waals surface area contributed by atoms with E-state index in [1.807, 2.05) is 6.07 Å². The van der Waals surface area contributed by atoms with E-state index in [1.165, 1.54) is 5.56 Å². The van der Waals surface area contributed by atoms with Gasteiger partial charge < -0.3 is 4.74 Å². The van der Waals surface area contributed by atoms with E-state index in [0.717, 1.165) is 6.42 Å². The Bertz CT molecular complexity index is 230. The predicted molar refractivity (Wildman–Crippen MR) is 55.6 cm³/mol. The van der Waals surface area contributed by atoms with Gasteiger partial charge in [-0.25, -0.2) is 0 Å². The SMILES string of the molecule is CCC(C)C(OC)c1ccccc1. The Morgan fingerprint density at radius 3 is 2.31 bits per heavy atom. The monoisotopic (exact) mass is 178 g/mol. The highest BCUT2D eigenvalue weighted by Crippen LogP contribution is 2.26. The lowest BCUT2D eigenvalue weighted by atomic mass is 9.95. The van der Waals surface area contributed by atoms with Gasteiger partial charge in [0.1, 0.15) is 0 Å². The van der Waals surface area contributed by atoms with E-state index >= 15 is 0 Å². The molecule has 0 saturated heterocycles. The Morgan fingerprint density at radius 2 is 1.85 bits per heavy atom. The summed E-state index contributed by atoms with van der Waals surface area (Å²) in [4.78, 5) is 0. The van der Waals surface area contributed by atoms with Crippen LogP contribution in [0.1, 0.15) is 31.9 Å². The van der Waals surface area contributed by atoms with Crippen LogP contribution in [0.4, 0.5) is 0 Å². The molecule has 2 atom stereocenters. The van der Waals surface area contributed by atoms with Crippen molar-refractivity contribution in [1.82, 2.24) is 0 Å². The number of hydrogen-bond donors (Lipinski definition) is 0. The van der Waals surface area contributed by atoms with E-state index in [9.17, 15) is 0 Å². The Labute approximate surface area is 80.7 Å². The summed E-state index contributed by atoms with van der Waals surface area (Å²) in [5.41, 5.74) is 1.28. The normalized spacial score (nSPS) is 15.3. The van der Waals surface area contributed by atoms with Gasteiger partial charge in [0, 0.05) is 7.11 Å². The molecular formula is C12H18O. The van der Waals surface area contributed by atoms with Crippen LogP contribution in [0.15, 0.2) is 30.3 Å². The fourth-order valence-corrected chi connectivity index (χ4v) is 1.55. The van der Waals surface area contributed by atoms with Crippen LogP contribution >= 0.6 is 0 Å². The molecule has 72 valence electrons. The van der Waals surface area contributed by atoms with Crippen molar-refractivity contribution in [3.63, 3.8) is 0 Å². The summed E-state index contributed by atoms with van der Waals surface area (Å²) < 4.78 is 5.49. The molecule has 0 saturated carbocycles. The smallest absolute Gasteiger partial charge is 0.0846 e. The molecule has 0 aliphatic heterocycles. The molecule has 0 radical (unpaired) electrons. The molecule has 1 heteroatoms. The Balaban J connectivity index is 2.78. The zero-order chi connectivity index (χ0) is 9.68. The third-order valence-electron chi connectivity index (χ3n) is 2.54. The first-order valence-corrected chi connectivity index (χ1v) is 4.87. The quantitative estimate of drug-likeness (QED) is 0.686. The van der Waals surface area contributed by atoms with Gasteiger partial charge in [-0.1, -0.05) is 50.6 Å². The Hall–Kier alpha value is -0.820. The summed E-state index contributed by atoms with van der Waals surface area (Å²) in [6.07, 6.45) is 1.39. The second-order valence-corrected chi connectivity index (χ2v) is 3.45. The number of rotatable bonds is 4. The first-order valence-electron chi connectivity index (χ1n) is 4.87. The maximum atomic E-state index is 5.49. The summed E-state index contributed by atoms with van der Waals surface area (Å²) >= 11 is 0. The number of ether oxygens (including phenoxy) is 1. The van der Waals surface area contributed by atoms with E-state index in [-0.39, 0.29) is 6.10 Å². The maximum Gasteiger partial charge on any atom is 0.0846 e. The lowest BCUT2D eigenvalue weighted by Crippen LogP contribution is -2.10. The van der Waals surface area contributed by atoms with Gasteiger partial charge in [0.2, 0.25) is 0 Å². The van der Waals surface area contributed by atoms with Crippen LogP contribution in [0.3, 0.4) is 0 Å². The second kappa shape index (κ2) is 5.03. The molecule has 0 aliphatic rings. The summed E-state index contributed by atoms with van der Waals surface area (Å²) in [5, 5.41) is 0. The first-order chi connectivity index (χ1) is 6.29. The lowest BCUT2D eigenvalue weighted by Gasteiger charge is -2.21. The van der Waals surface area contributed by atoms with Crippen LogP contribution in [0.2, 0.25) is 0 Å². The largest absolute Gasteiger partial charge is 0.376 e. The Morgan fingerprint density at radius 1 is 1.23 bits per heavy atom. The molecule has 1 rings (SSSR count). The minimum atomic E-state index is 0.242. The molecule has 0 N–H and O–H groups in total.